The molecule has 1 aromatic carbocycles. The normalized spacial score (nSPS) is 10.2. The number of nitrogens with zero attached hydrogens (tertiary/aromatic N) is 2. The highest BCUT2D eigenvalue weighted by molar-refractivity contribution is 7.98. The lowest BCUT2D eigenvalue weighted by molar-refractivity contribution is 0.251. The minimum absolute atomic E-state index is 0.197. The van der Waals surface area contributed by atoms with E-state index in [9.17, 15) is 4.79 Å². The van der Waals surface area contributed by atoms with E-state index in [4.69, 9.17) is 0 Å². The number of amides is 2. The number of carbonyl (C=O) groups is 1. The van der Waals surface area contributed by atoms with E-state index in [0.717, 1.165) is 5.69 Å². The molecule has 0 saturated heterocycles. The second-order valence-electron chi connectivity index (χ2n) is 3.91. The molecule has 2 N–H and O–H groups in total. The lowest BCUT2D eigenvalue weighted by atomic mass is 10.3. The Morgan fingerprint density at radius 2 is 2.16 bits per heavy atom. The average molecular weight is 276 g/mol. The van der Waals surface area contributed by atoms with Gasteiger partial charge >= 0.3 is 6.03 Å². The summed E-state index contributed by atoms with van der Waals surface area (Å²) >= 11 is 1.67. The summed E-state index contributed by atoms with van der Waals surface area (Å²) < 4.78 is 1.91. The number of hydrogen-bond acceptors (Lipinski definition) is 3. The highest BCUT2D eigenvalue weighted by Crippen LogP contribution is 2.17. The maximum absolute atomic E-state index is 11.6. The fraction of sp³-hybridized carbons (Fsp3) is 0.231. The molecule has 1 heterocycles. The van der Waals surface area contributed by atoms with Gasteiger partial charge in [0, 0.05) is 36.1 Å². The molecule has 0 unspecified atom stereocenters. The van der Waals surface area contributed by atoms with E-state index in [1.807, 2.05) is 41.3 Å². The number of rotatable bonds is 5. The Kier molecular flexibility index (Phi) is 4.85. The minimum Gasteiger partial charge on any atom is -0.336 e. The van der Waals surface area contributed by atoms with Crippen molar-refractivity contribution in [1.82, 2.24) is 14.9 Å². The molecule has 0 saturated carbocycles. The van der Waals surface area contributed by atoms with Crippen LogP contribution in [0.5, 0.6) is 0 Å². The average Bonchev–Trinajstić information content (AvgIpc) is 2.93. The first-order valence-electron chi connectivity index (χ1n) is 5.92. The molecular formula is C13H16N4OS. The van der Waals surface area contributed by atoms with Gasteiger partial charge in [-0.05, 0) is 30.5 Å². The first-order chi connectivity index (χ1) is 9.28. The van der Waals surface area contributed by atoms with Crippen LogP contribution in [0.3, 0.4) is 0 Å². The summed E-state index contributed by atoms with van der Waals surface area (Å²) in [6.45, 7) is 1.27. The second kappa shape index (κ2) is 6.84. The van der Waals surface area contributed by atoms with Crippen molar-refractivity contribution in [2.24, 2.45) is 0 Å². The molecule has 2 amide bonds. The first kappa shape index (κ1) is 13.5. The molecule has 0 radical (unpaired) electrons. The van der Waals surface area contributed by atoms with Crippen molar-refractivity contribution in [2.75, 3.05) is 18.1 Å². The lowest BCUT2D eigenvalue weighted by Crippen LogP contribution is -2.31. The van der Waals surface area contributed by atoms with Crippen LogP contribution in [0.2, 0.25) is 0 Å². The van der Waals surface area contributed by atoms with Gasteiger partial charge in [0.2, 0.25) is 0 Å². The molecule has 1 aromatic heterocycles. The summed E-state index contributed by atoms with van der Waals surface area (Å²) in [6, 6.07) is 7.54. The van der Waals surface area contributed by atoms with Crippen molar-refractivity contribution in [2.45, 2.75) is 11.4 Å². The number of anilines is 1. The van der Waals surface area contributed by atoms with Crippen LogP contribution in [-0.2, 0) is 6.54 Å². The maximum atomic E-state index is 11.6. The Balaban J connectivity index is 1.74. The molecule has 100 valence electrons. The third kappa shape index (κ3) is 4.33. The topological polar surface area (TPSA) is 59.0 Å². The Hall–Kier alpha value is -1.95. The number of nitrogens with one attached hydrogen (secondary N) is 2. The smallest absolute Gasteiger partial charge is 0.319 e. The number of imidazole rings is 1. The number of urea groups is 1. The summed E-state index contributed by atoms with van der Waals surface area (Å²) in [4.78, 5) is 16.8. The third-order valence-corrected chi connectivity index (χ3v) is 3.31. The molecule has 2 aromatic rings. The van der Waals surface area contributed by atoms with Gasteiger partial charge in [0.05, 0.1) is 6.33 Å². The van der Waals surface area contributed by atoms with Crippen molar-refractivity contribution in [1.29, 1.82) is 0 Å². The second-order valence-corrected chi connectivity index (χ2v) is 4.79. The van der Waals surface area contributed by atoms with E-state index in [2.05, 4.69) is 15.6 Å². The van der Waals surface area contributed by atoms with E-state index in [-0.39, 0.29) is 6.03 Å². The van der Waals surface area contributed by atoms with E-state index in [1.165, 1.54) is 4.90 Å². The van der Waals surface area contributed by atoms with Crippen LogP contribution in [-0.4, -0.2) is 28.4 Å². The van der Waals surface area contributed by atoms with Crippen molar-refractivity contribution in [3.05, 3.63) is 43.0 Å². The monoisotopic (exact) mass is 276 g/mol. The van der Waals surface area contributed by atoms with E-state index in [0.29, 0.717) is 13.1 Å². The first-order valence-corrected chi connectivity index (χ1v) is 7.15. The maximum Gasteiger partial charge on any atom is 0.319 e. The van der Waals surface area contributed by atoms with E-state index >= 15 is 0 Å². The number of carbonyl (C=O) groups excluding carboxylic acids is 1. The van der Waals surface area contributed by atoms with Crippen LogP contribution in [0, 0.1) is 0 Å². The summed E-state index contributed by atoms with van der Waals surface area (Å²) in [7, 11) is 0. The fourth-order valence-electron chi connectivity index (χ4n) is 1.57. The Morgan fingerprint density at radius 3 is 2.79 bits per heavy atom. The Morgan fingerprint density at radius 1 is 1.37 bits per heavy atom. The summed E-state index contributed by atoms with van der Waals surface area (Å²) in [5, 5.41) is 5.58. The van der Waals surface area contributed by atoms with Crippen molar-refractivity contribution in [3.63, 3.8) is 0 Å². The Bertz CT molecular complexity index is 510. The number of hydrogen-bond donors (Lipinski definition) is 2. The highest BCUT2D eigenvalue weighted by atomic mass is 32.2. The molecule has 0 spiro atoms. The number of benzene rings is 1. The van der Waals surface area contributed by atoms with Crippen molar-refractivity contribution < 1.29 is 4.79 Å². The summed E-state index contributed by atoms with van der Waals surface area (Å²) in [5.41, 5.74) is 0.790. The van der Waals surface area contributed by atoms with Gasteiger partial charge in [0.15, 0.2) is 0 Å². The predicted molar refractivity (Wildman–Crippen MR) is 77.5 cm³/mol. The zero-order chi connectivity index (χ0) is 13.5. The number of thioether (sulfide) groups is 1. The van der Waals surface area contributed by atoms with Crippen molar-refractivity contribution >= 4 is 23.5 Å². The van der Waals surface area contributed by atoms with Crippen LogP contribution in [0.4, 0.5) is 10.5 Å². The van der Waals surface area contributed by atoms with E-state index < -0.39 is 0 Å². The molecule has 5 nitrogen and oxygen atoms in total. The molecule has 0 aliphatic rings. The molecule has 0 bridgehead atoms. The van der Waals surface area contributed by atoms with Crippen LogP contribution in [0.25, 0.3) is 0 Å². The highest BCUT2D eigenvalue weighted by Gasteiger charge is 2.01. The third-order valence-electron chi connectivity index (χ3n) is 2.56. The predicted octanol–water partition coefficient (Wildman–Crippen LogP) is 2.43. The largest absolute Gasteiger partial charge is 0.336 e. The SMILES string of the molecule is CSc1ccc(NC(=O)NCCn2ccnc2)cc1. The fourth-order valence-corrected chi connectivity index (χ4v) is 1.98. The van der Waals surface area contributed by atoms with E-state index in [1.54, 1.807) is 24.3 Å². The molecule has 19 heavy (non-hydrogen) atoms. The van der Waals surface area contributed by atoms with Crippen LogP contribution >= 0.6 is 11.8 Å². The lowest BCUT2D eigenvalue weighted by Gasteiger charge is -2.08. The quantitative estimate of drug-likeness (QED) is 0.825. The molecule has 0 atom stereocenters. The van der Waals surface area contributed by atoms with Gasteiger partial charge < -0.3 is 15.2 Å². The molecule has 0 fully saturated rings. The minimum atomic E-state index is -0.197. The van der Waals surface area contributed by atoms with Crippen molar-refractivity contribution in [3.8, 4) is 0 Å². The van der Waals surface area contributed by atoms with Gasteiger partial charge in [-0.15, -0.1) is 11.8 Å². The van der Waals surface area contributed by atoms with Gasteiger partial charge in [-0.2, -0.15) is 0 Å². The van der Waals surface area contributed by atoms with Gasteiger partial charge in [-0.3, -0.25) is 0 Å². The number of aromatic nitrogens is 2. The standard InChI is InChI=1S/C13H16N4OS/c1-19-12-4-2-11(3-5-12)16-13(18)15-7-9-17-8-6-14-10-17/h2-6,8,10H,7,9H2,1H3,(H2,15,16,18). The molecular weight excluding hydrogens is 260 g/mol. The zero-order valence-electron chi connectivity index (χ0n) is 10.7. The van der Waals surface area contributed by atoms with Crippen LogP contribution < -0.4 is 10.6 Å². The van der Waals surface area contributed by atoms with Gasteiger partial charge in [-0.25, -0.2) is 9.78 Å². The Labute approximate surface area is 116 Å². The summed E-state index contributed by atoms with van der Waals surface area (Å²) in [5.74, 6) is 0. The van der Waals surface area contributed by atoms with Crippen LogP contribution in [0.1, 0.15) is 0 Å². The van der Waals surface area contributed by atoms with Crippen LogP contribution in [0.15, 0.2) is 47.9 Å². The van der Waals surface area contributed by atoms with Gasteiger partial charge in [-0.1, -0.05) is 0 Å². The van der Waals surface area contributed by atoms with Gasteiger partial charge in [0.25, 0.3) is 0 Å². The molecule has 2 rings (SSSR count). The zero-order valence-corrected chi connectivity index (χ0v) is 11.5. The summed E-state index contributed by atoms with van der Waals surface area (Å²) in [6.07, 6.45) is 7.32. The molecule has 0 aliphatic heterocycles. The molecule has 6 heteroatoms. The van der Waals surface area contributed by atoms with Gasteiger partial charge in [0.1, 0.15) is 0 Å². The molecule has 0 aliphatic carbocycles.